The Kier molecular flexibility index (Phi) is 6.28. The van der Waals surface area contributed by atoms with Gasteiger partial charge in [-0.1, -0.05) is 54.1 Å². The van der Waals surface area contributed by atoms with Crippen LogP contribution in [0.2, 0.25) is 5.02 Å². The van der Waals surface area contributed by atoms with Crippen LogP contribution in [0.25, 0.3) is 5.57 Å². The first-order chi connectivity index (χ1) is 15.5. The number of para-hydroxylation sites is 1. The van der Waals surface area contributed by atoms with E-state index in [1.165, 1.54) is 4.90 Å². The zero-order chi connectivity index (χ0) is 22.7. The van der Waals surface area contributed by atoms with Gasteiger partial charge in [-0.3, -0.25) is 14.5 Å². The van der Waals surface area contributed by atoms with Crippen molar-refractivity contribution in [2.45, 2.75) is 13.5 Å². The average molecular weight is 447 g/mol. The highest BCUT2D eigenvalue weighted by molar-refractivity contribution is 6.36. The van der Waals surface area contributed by atoms with Crippen molar-refractivity contribution in [3.05, 3.63) is 101 Å². The zero-order valence-electron chi connectivity index (χ0n) is 17.9. The summed E-state index contributed by atoms with van der Waals surface area (Å²) in [5.41, 5.74) is 3.03. The predicted molar refractivity (Wildman–Crippen MR) is 126 cm³/mol. The molecular weight excluding hydrogens is 424 g/mol. The molecule has 0 unspecified atom stereocenters. The number of halogens is 1. The molecule has 0 spiro atoms. The van der Waals surface area contributed by atoms with Crippen molar-refractivity contribution in [2.75, 3.05) is 18.6 Å². The highest BCUT2D eigenvalue weighted by atomic mass is 35.5. The molecule has 0 saturated carbocycles. The fourth-order valence-corrected chi connectivity index (χ4v) is 3.84. The molecule has 1 heterocycles. The molecule has 0 aromatic heterocycles. The second-order valence-electron chi connectivity index (χ2n) is 7.40. The van der Waals surface area contributed by atoms with E-state index in [1.807, 2.05) is 73.7 Å². The van der Waals surface area contributed by atoms with Gasteiger partial charge in [0.05, 0.1) is 18.7 Å². The van der Waals surface area contributed by atoms with E-state index in [0.29, 0.717) is 34.2 Å². The van der Waals surface area contributed by atoms with E-state index in [2.05, 4.69) is 0 Å². The maximum absolute atomic E-state index is 13.5. The van der Waals surface area contributed by atoms with Gasteiger partial charge in [-0.15, -0.1) is 0 Å². The summed E-state index contributed by atoms with van der Waals surface area (Å²) >= 11 is 5.98. The summed E-state index contributed by atoms with van der Waals surface area (Å²) in [6.45, 7) is 2.63. The van der Waals surface area contributed by atoms with Crippen molar-refractivity contribution in [1.29, 1.82) is 0 Å². The smallest absolute Gasteiger partial charge is 0.278 e. The number of nitrogens with zero attached hydrogens (tertiary/aromatic N) is 2. The molecule has 162 valence electrons. The number of ether oxygens (including phenoxy) is 1. The van der Waals surface area contributed by atoms with Crippen molar-refractivity contribution >= 4 is 34.7 Å². The Morgan fingerprint density at radius 2 is 1.53 bits per heavy atom. The van der Waals surface area contributed by atoms with E-state index in [1.54, 1.807) is 24.1 Å². The Bertz CT molecular complexity index is 1160. The molecule has 0 bridgehead atoms. The van der Waals surface area contributed by atoms with E-state index in [-0.39, 0.29) is 18.4 Å². The highest BCUT2D eigenvalue weighted by Gasteiger charge is 2.41. The molecule has 32 heavy (non-hydrogen) atoms. The number of benzene rings is 3. The Hall–Kier alpha value is -3.57. The molecule has 3 aromatic rings. The van der Waals surface area contributed by atoms with Crippen LogP contribution < -0.4 is 9.64 Å². The summed E-state index contributed by atoms with van der Waals surface area (Å²) in [7, 11) is 1.80. The first-order valence-corrected chi connectivity index (χ1v) is 10.7. The number of rotatable bonds is 7. The summed E-state index contributed by atoms with van der Waals surface area (Å²) in [6.07, 6.45) is 0. The predicted octanol–water partition coefficient (Wildman–Crippen LogP) is 5.16. The van der Waals surface area contributed by atoms with Crippen molar-refractivity contribution in [3.8, 4) is 5.75 Å². The van der Waals surface area contributed by atoms with Gasteiger partial charge in [0.2, 0.25) is 0 Å². The van der Waals surface area contributed by atoms with Gasteiger partial charge in [-0.05, 0) is 54.4 Å². The van der Waals surface area contributed by atoms with Crippen LogP contribution in [0.15, 0.2) is 84.6 Å². The van der Waals surface area contributed by atoms with E-state index in [9.17, 15) is 9.59 Å². The maximum Gasteiger partial charge on any atom is 0.278 e. The Balaban J connectivity index is 1.75. The largest absolute Gasteiger partial charge is 0.494 e. The van der Waals surface area contributed by atoms with Gasteiger partial charge < -0.3 is 9.64 Å². The number of likely N-dealkylation sites (N-methyl/N-ethyl adjacent to an activating group) is 1. The molecule has 0 aliphatic carbocycles. The first-order valence-electron chi connectivity index (χ1n) is 10.4. The summed E-state index contributed by atoms with van der Waals surface area (Å²) < 4.78 is 5.53. The normalized spacial score (nSPS) is 13.7. The fourth-order valence-electron chi connectivity index (χ4n) is 3.72. The van der Waals surface area contributed by atoms with Gasteiger partial charge >= 0.3 is 0 Å². The lowest BCUT2D eigenvalue weighted by Crippen LogP contribution is -2.33. The van der Waals surface area contributed by atoms with E-state index in [0.717, 1.165) is 11.3 Å². The number of hydrogen-bond donors (Lipinski definition) is 0. The van der Waals surface area contributed by atoms with Crippen LogP contribution in [0, 0.1) is 0 Å². The third-order valence-electron chi connectivity index (χ3n) is 5.33. The molecule has 4 rings (SSSR count). The maximum atomic E-state index is 13.5. The standard InChI is InChI=1S/C26H23ClN2O3/c1-3-32-22-15-11-19(12-16-22)23-24(28(2)21-7-5-4-6-8-21)26(31)29(25(23)30)17-18-9-13-20(27)14-10-18/h4-16H,3,17H2,1-2H3. The minimum atomic E-state index is -0.333. The lowest BCUT2D eigenvalue weighted by Gasteiger charge is -2.21. The summed E-state index contributed by atoms with van der Waals surface area (Å²) in [4.78, 5) is 30.1. The van der Waals surface area contributed by atoms with Crippen LogP contribution in [0.5, 0.6) is 5.75 Å². The monoisotopic (exact) mass is 446 g/mol. The van der Waals surface area contributed by atoms with Crippen LogP contribution in [-0.2, 0) is 16.1 Å². The molecule has 3 aromatic carbocycles. The Morgan fingerprint density at radius 3 is 2.16 bits per heavy atom. The SMILES string of the molecule is CCOc1ccc(C2=C(N(C)c3ccccc3)C(=O)N(Cc3ccc(Cl)cc3)C2=O)cc1. The molecule has 2 amide bonds. The molecule has 6 heteroatoms. The molecule has 1 aliphatic rings. The third kappa shape index (κ3) is 4.25. The lowest BCUT2D eigenvalue weighted by atomic mass is 10.0. The van der Waals surface area contributed by atoms with Gasteiger partial charge in [-0.2, -0.15) is 0 Å². The summed E-state index contributed by atoms with van der Waals surface area (Å²) in [5.74, 6) is 0.0525. The van der Waals surface area contributed by atoms with Crippen LogP contribution >= 0.6 is 11.6 Å². The van der Waals surface area contributed by atoms with Crippen molar-refractivity contribution in [1.82, 2.24) is 4.90 Å². The van der Waals surface area contributed by atoms with Gasteiger partial charge in [0, 0.05) is 17.8 Å². The number of amides is 2. The topological polar surface area (TPSA) is 49.9 Å². The Morgan fingerprint density at radius 1 is 0.875 bits per heavy atom. The van der Waals surface area contributed by atoms with Gasteiger partial charge in [0.15, 0.2) is 0 Å². The van der Waals surface area contributed by atoms with Gasteiger partial charge in [-0.25, -0.2) is 0 Å². The quantitative estimate of drug-likeness (QED) is 0.471. The minimum absolute atomic E-state index is 0.168. The number of imide groups is 1. The molecule has 0 atom stereocenters. The summed E-state index contributed by atoms with van der Waals surface area (Å²) in [5, 5.41) is 0.602. The van der Waals surface area contributed by atoms with E-state index >= 15 is 0 Å². The molecule has 1 aliphatic heterocycles. The first kappa shape index (κ1) is 21.7. The third-order valence-corrected chi connectivity index (χ3v) is 5.58. The summed E-state index contributed by atoms with van der Waals surface area (Å²) in [6, 6.07) is 23.9. The van der Waals surface area contributed by atoms with Crippen molar-refractivity contribution in [3.63, 3.8) is 0 Å². The molecule has 0 radical (unpaired) electrons. The Labute approximate surface area is 192 Å². The molecule has 0 fully saturated rings. The highest BCUT2D eigenvalue weighted by Crippen LogP contribution is 2.35. The fraction of sp³-hybridized carbons (Fsp3) is 0.154. The van der Waals surface area contributed by atoms with E-state index < -0.39 is 0 Å². The second kappa shape index (κ2) is 9.28. The van der Waals surface area contributed by atoms with Gasteiger partial charge in [0.25, 0.3) is 11.8 Å². The average Bonchev–Trinajstić information content (AvgIpc) is 3.06. The van der Waals surface area contributed by atoms with Crippen LogP contribution in [-0.4, -0.2) is 30.4 Å². The minimum Gasteiger partial charge on any atom is -0.494 e. The zero-order valence-corrected chi connectivity index (χ0v) is 18.7. The van der Waals surface area contributed by atoms with Crippen molar-refractivity contribution in [2.24, 2.45) is 0 Å². The number of anilines is 1. The van der Waals surface area contributed by atoms with Gasteiger partial charge in [0.1, 0.15) is 11.4 Å². The van der Waals surface area contributed by atoms with Crippen LogP contribution in [0.3, 0.4) is 0 Å². The number of carbonyl (C=O) groups excluding carboxylic acids is 2. The molecule has 0 N–H and O–H groups in total. The van der Waals surface area contributed by atoms with Crippen molar-refractivity contribution < 1.29 is 14.3 Å². The van der Waals surface area contributed by atoms with Crippen LogP contribution in [0.4, 0.5) is 5.69 Å². The lowest BCUT2D eigenvalue weighted by molar-refractivity contribution is -0.137. The van der Waals surface area contributed by atoms with Crippen LogP contribution in [0.1, 0.15) is 18.1 Å². The number of hydrogen-bond acceptors (Lipinski definition) is 4. The second-order valence-corrected chi connectivity index (χ2v) is 7.83. The molecule has 5 nitrogen and oxygen atoms in total. The number of carbonyl (C=O) groups is 2. The van der Waals surface area contributed by atoms with E-state index in [4.69, 9.17) is 16.3 Å². The molecular formula is C26H23ClN2O3. The molecule has 0 saturated heterocycles.